The van der Waals surface area contributed by atoms with Crippen LogP contribution in [-0.4, -0.2) is 22.6 Å². The predicted molar refractivity (Wildman–Crippen MR) is 90.7 cm³/mol. The number of halogens is 2. The van der Waals surface area contributed by atoms with Crippen LogP contribution in [0.15, 0.2) is 36.4 Å². The number of carbonyl (C=O) groups excluding carboxylic acids is 1. The Labute approximate surface area is 148 Å². The zero-order chi connectivity index (χ0) is 18.4. The topological polar surface area (TPSA) is 66.8 Å². The number of ether oxygens (including phenoxy) is 1. The molecule has 0 atom stereocenters. The van der Waals surface area contributed by atoms with Crippen LogP contribution >= 0.6 is 11.6 Å². The molecule has 2 aromatic carbocycles. The van der Waals surface area contributed by atoms with Crippen LogP contribution in [0.3, 0.4) is 0 Å². The van der Waals surface area contributed by atoms with Crippen LogP contribution in [0.25, 0.3) is 0 Å². The first-order chi connectivity index (χ1) is 11.7. The summed E-state index contributed by atoms with van der Waals surface area (Å²) in [5, 5.41) is 9.38. The van der Waals surface area contributed by atoms with E-state index in [0.717, 1.165) is 0 Å². The van der Waals surface area contributed by atoms with Crippen LogP contribution in [-0.2, 0) is 11.3 Å². The molecule has 1 heterocycles. The van der Waals surface area contributed by atoms with E-state index in [-0.39, 0.29) is 28.4 Å². The average Bonchev–Trinajstić information content (AvgIpc) is 2.53. The molecule has 3 rings (SSSR count). The summed E-state index contributed by atoms with van der Waals surface area (Å²) >= 11 is 6.07. The average molecular weight is 364 g/mol. The molecule has 1 aliphatic heterocycles. The fraction of sp³-hybridized carbons (Fsp3) is 0.222. The van der Waals surface area contributed by atoms with E-state index in [2.05, 4.69) is 0 Å². The second kappa shape index (κ2) is 6.04. The van der Waals surface area contributed by atoms with Gasteiger partial charge in [0.2, 0.25) is 0 Å². The minimum Gasteiger partial charge on any atom is -0.478 e. The van der Waals surface area contributed by atoms with Crippen molar-refractivity contribution in [1.29, 1.82) is 0 Å². The number of hydrogen-bond acceptors (Lipinski definition) is 3. The van der Waals surface area contributed by atoms with Crippen molar-refractivity contribution in [2.45, 2.75) is 26.0 Å². The predicted octanol–water partition coefficient (Wildman–Crippen LogP) is 3.88. The Bertz CT molecular complexity index is 861. The lowest BCUT2D eigenvalue weighted by Gasteiger charge is -2.39. The molecular weight excluding hydrogens is 349 g/mol. The van der Waals surface area contributed by atoms with Crippen LogP contribution in [0, 0.1) is 5.82 Å². The molecule has 1 N–H and O–H groups in total. The zero-order valence-corrected chi connectivity index (χ0v) is 14.3. The number of rotatable bonds is 3. The Morgan fingerprint density at radius 3 is 2.68 bits per heavy atom. The summed E-state index contributed by atoms with van der Waals surface area (Å²) < 4.78 is 19.8. The number of amides is 1. The van der Waals surface area contributed by atoms with Gasteiger partial charge in [0.05, 0.1) is 17.8 Å². The molecule has 0 aliphatic carbocycles. The van der Waals surface area contributed by atoms with Crippen LogP contribution in [0.5, 0.6) is 5.75 Å². The molecule has 5 nitrogen and oxygen atoms in total. The van der Waals surface area contributed by atoms with Crippen LogP contribution in [0.1, 0.15) is 29.8 Å². The summed E-state index contributed by atoms with van der Waals surface area (Å²) in [4.78, 5) is 25.4. The number of carbonyl (C=O) groups is 2. The summed E-state index contributed by atoms with van der Waals surface area (Å²) in [7, 11) is 0. The molecule has 130 valence electrons. The van der Waals surface area contributed by atoms with E-state index in [1.807, 2.05) is 0 Å². The standard InChI is InChI=1S/C18H15ClFNO4/c1-18(2)17(24)21(9-11-12(19)4-3-5-13(11)20)14-8-10(16(22)23)6-7-15(14)25-18/h3-8H,9H2,1-2H3,(H,22,23). The zero-order valence-electron chi connectivity index (χ0n) is 13.5. The molecule has 0 bridgehead atoms. The van der Waals surface area contributed by atoms with E-state index in [0.29, 0.717) is 5.75 Å². The van der Waals surface area contributed by atoms with Crippen LogP contribution < -0.4 is 9.64 Å². The molecule has 2 aromatic rings. The molecule has 0 radical (unpaired) electrons. The second-order valence-electron chi connectivity index (χ2n) is 6.19. The van der Waals surface area contributed by atoms with Crippen LogP contribution in [0.2, 0.25) is 5.02 Å². The monoisotopic (exact) mass is 363 g/mol. The fourth-order valence-electron chi connectivity index (χ4n) is 2.70. The summed E-state index contributed by atoms with van der Waals surface area (Å²) in [6.45, 7) is 3.06. The third-order valence-electron chi connectivity index (χ3n) is 4.00. The molecule has 1 aliphatic rings. The smallest absolute Gasteiger partial charge is 0.335 e. The maximum absolute atomic E-state index is 14.2. The van der Waals surface area contributed by atoms with E-state index in [9.17, 15) is 19.1 Å². The van der Waals surface area contributed by atoms with Crippen molar-refractivity contribution < 1.29 is 23.8 Å². The molecule has 0 fully saturated rings. The molecule has 0 spiro atoms. The highest BCUT2D eigenvalue weighted by molar-refractivity contribution is 6.31. The fourth-order valence-corrected chi connectivity index (χ4v) is 2.92. The molecule has 1 amide bonds. The number of nitrogens with zero attached hydrogens (tertiary/aromatic N) is 1. The number of benzene rings is 2. The van der Waals surface area contributed by atoms with Gasteiger partial charge in [-0.1, -0.05) is 17.7 Å². The normalized spacial score (nSPS) is 15.5. The lowest BCUT2D eigenvalue weighted by molar-refractivity contribution is -0.132. The van der Waals surface area contributed by atoms with Crippen molar-refractivity contribution in [1.82, 2.24) is 0 Å². The maximum Gasteiger partial charge on any atom is 0.335 e. The largest absolute Gasteiger partial charge is 0.478 e. The first kappa shape index (κ1) is 17.2. The van der Waals surface area contributed by atoms with Gasteiger partial charge in [0.15, 0.2) is 5.60 Å². The number of carboxylic acid groups (broad SMARTS) is 1. The van der Waals surface area contributed by atoms with E-state index in [1.165, 1.54) is 41.3 Å². The van der Waals surface area contributed by atoms with Gasteiger partial charge in [0.25, 0.3) is 5.91 Å². The second-order valence-corrected chi connectivity index (χ2v) is 6.60. The van der Waals surface area contributed by atoms with Gasteiger partial charge in [-0.15, -0.1) is 0 Å². The number of hydrogen-bond donors (Lipinski definition) is 1. The molecule has 25 heavy (non-hydrogen) atoms. The number of fused-ring (bicyclic) bond motifs is 1. The van der Waals surface area contributed by atoms with Gasteiger partial charge >= 0.3 is 5.97 Å². The summed E-state index contributed by atoms with van der Waals surface area (Å²) in [5.74, 6) is -1.74. The van der Waals surface area contributed by atoms with Crippen molar-refractivity contribution in [3.63, 3.8) is 0 Å². The number of carboxylic acids is 1. The van der Waals surface area contributed by atoms with Gasteiger partial charge in [0.1, 0.15) is 11.6 Å². The Morgan fingerprint density at radius 2 is 2.04 bits per heavy atom. The molecule has 0 unspecified atom stereocenters. The van der Waals surface area contributed by atoms with Gasteiger partial charge in [-0.3, -0.25) is 4.79 Å². The highest BCUT2D eigenvalue weighted by atomic mass is 35.5. The first-order valence-corrected chi connectivity index (χ1v) is 7.90. The van der Waals surface area contributed by atoms with E-state index in [4.69, 9.17) is 16.3 Å². The Morgan fingerprint density at radius 1 is 1.32 bits per heavy atom. The van der Waals surface area contributed by atoms with Crippen molar-refractivity contribution >= 4 is 29.2 Å². The third kappa shape index (κ3) is 3.05. The lowest BCUT2D eigenvalue weighted by atomic mass is 10.0. The van der Waals surface area contributed by atoms with Gasteiger partial charge < -0.3 is 14.7 Å². The van der Waals surface area contributed by atoms with Gasteiger partial charge in [-0.05, 0) is 44.2 Å². The lowest BCUT2D eigenvalue weighted by Crippen LogP contribution is -2.52. The van der Waals surface area contributed by atoms with Gasteiger partial charge in [-0.25, -0.2) is 9.18 Å². The Hall–Kier alpha value is -2.60. The molecular formula is C18H15ClFNO4. The van der Waals surface area contributed by atoms with Gasteiger partial charge in [0, 0.05) is 10.6 Å². The minimum atomic E-state index is -1.17. The minimum absolute atomic E-state index is 0.000475. The van der Waals surface area contributed by atoms with Crippen LogP contribution in [0.4, 0.5) is 10.1 Å². The first-order valence-electron chi connectivity index (χ1n) is 7.52. The number of anilines is 1. The van der Waals surface area contributed by atoms with E-state index in [1.54, 1.807) is 13.8 Å². The van der Waals surface area contributed by atoms with E-state index >= 15 is 0 Å². The van der Waals surface area contributed by atoms with Gasteiger partial charge in [-0.2, -0.15) is 0 Å². The van der Waals surface area contributed by atoms with Crippen molar-refractivity contribution in [2.24, 2.45) is 0 Å². The quantitative estimate of drug-likeness (QED) is 0.898. The summed E-state index contributed by atoms with van der Waals surface area (Å²) in [6, 6.07) is 8.48. The summed E-state index contributed by atoms with van der Waals surface area (Å²) in [6.07, 6.45) is 0. The number of aromatic carboxylic acids is 1. The Kier molecular flexibility index (Phi) is 4.16. The molecule has 0 saturated heterocycles. The van der Waals surface area contributed by atoms with Crippen molar-refractivity contribution in [3.05, 3.63) is 58.4 Å². The molecule has 0 aromatic heterocycles. The highest BCUT2D eigenvalue weighted by Crippen LogP contribution is 2.40. The molecule has 7 heteroatoms. The maximum atomic E-state index is 14.2. The SMILES string of the molecule is CC1(C)Oc2ccc(C(=O)O)cc2N(Cc2c(F)cccc2Cl)C1=O. The van der Waals surface area contributed by atoms with E-state index < -0.39 is 23.3 Å². The third-order valence-corrected chi connectivity index (χ3v) is 4.35. The summed E-state index contributed by atoms with van der Waals surface area (Å²) in [5.41, 5.74) is -0.750. The van der Waals surface area contributed by atoms with Crippen molar-refractivity contribution in [2.75, 3.05) is 4.90 Å². The highest BCUT2D eigenvalue weighted by Gasteiger charge is 2.41. The molecule has 0 saturated carbocycles. The Balaban J connectivity index is 2.13. The van der Waals surface area contributed by atoms with Crippen molar-refractivity contribution in [3.8, 4) is 5.75 Å².